The number of hydrogen-bond donors (Lipinski definition) is 3. The molecule has 0 aromatic carbocycles. The van der Waals surface area contributed by atoms with Gasteiger partial charge in [-0.2, -0.15) is 4.98 Å². The average molecular weight is 299 g/mol. The molecule has 2 aromatic heterocycles. The normalized spacial score (nSPS) is 15.4. The van der Waals surface area contributed by atoms with Crippen molar-refractivity contribution in [1.82, 2.24) is 15.0 Å². The summed E-state index contributed by atoms with van der Waals surface area (Å²) in [6.07, 6.45) is 4.15. The van der Waals surface area contributed by atoms with Gasteiger partial charge in [0.25, 0.3) is 0 Å². The van der Waals surface area contributed by atoms with E-state index in [-0.39, 0.29) is 12.6 Å². The molecule has 1 fully saturated rings. The molecule has 1 aliphatic rings. The van der Waals surface area contributed by atoms with Crippen molar-refractivity contribution < 1.29 is 5.11 Å². The molecule has 3 N–H and O–H groups in total. The van der Waals surface area contributed by atoms with E-state index >= 15 is 0 Å². The summed E-state index contributed by atoms with van der Waals surface area (Å²) in [5.41, 5.74) is 2.03. The monoisotopic (exact) mass is 299 g/mol. The van der Waals surface area contributed by atoms with Crippen LogP contribution >= 0.6 is 0 Å². The van der Waals surface area contributed by atoms with Gasteiger partial charge in [-0.25, -0.2) is 4.98 Å². The first-order chi connectivity index (χ1) is 10.7. The van der Waals surface area contributed by atoms with Crippen LogP contribution in [-0.4, -0.2) is 32.7 Å². The summed E-state index contributed by atoms with van der Waals surface area (Å²) in [5, 5.41) is 15.6. The lowest BCUT2D eigenvalue weighted by Crippen LogP contribution is -2.21. The van der Waals surface area contributed by atoms with Crippen molar-refractivity contribution in [3.8, 4) is 0 Å². The highest BCUT2D eigenvalue weighted by Gasteiger charge is 2.26. The summed E-state index contributed by atoms with van der Waals surface area (Å²) in [5.74, 6) is 1.90. The van der Waals surface area contributed by atoms with Crippen LogP contribution in [-0.2, 0) is 6.54 Å². The minimum absolute atomic E-state index is 0.0493. The third-order valence-corrected chi connectivity index (χ3v) is 3.57. The molecular weight excluding hydrogens is 278 g/mol. The van der Waals surface area contributed by atoms with E-state index in [2.05, 4.69) is 25.6 Å². The minimum Gasteiger partial charge on any atom is -0.394 e. The fourth-order valence-electron chi connectivity index (χ4n) is 2.16. The van der Waals surface area contributed by atoms with Crippen LogP contribution in [0.3, 0.4) is 0 Å². The number of aliphatic hydroxyl groups excluding tert-OH is 1. The number of pyridine rings is 1. The Balaban J connectivity index is 1.74. The van der Waals surface area contributed by atoms with Crippen molar-refractivity contribution >= 4 is 11.8 Å². The number of nitrogens with one attached hydrogen (secondary N) is 2. The third kappa shape index (κ3) is 3.92. The predicted octanol–water partition coefficient (Wildman–Crippen LogP) is 2.15. The second-order valence-electron chi connectivity index (χ2n) is 5.68. The first-order valence-corrected chi connectivity index (χ1v) is 7.65. The standard InChI is InChI=1S/C16H21N5O/c1-11(10-22)19-16-20-14(12-5-6-12)8-15(21-16)18-9-13-4-2-3-7-17-13/h2-4,7-8,11-12,22H,5-6,9-10H2,1H3,(H2,18,19,20,21)/t11-/m1/s1. The first-order valence-electron chi connectivity index (χ1n) is 7.65. The average Bonchev–Trinajstić information content (AvgIpc) is 3.38. The molecule has 0 unspecified atom stereocenters. The van der Waals surface area contributed by atoms with Crippen molar-refractivity contribution in [2.75, 3.05) is 17.2 Å². The lowest BCUT2D eigenvalue weighted by atomic mass is 10.2. The van der Waals surface area contributed by atoms with Crippen molar-refractivity contribution in [1.29, 1.82) is 0 Å². The number of hydrogen-bond acceptors (Lipinski definition) is 6. The number of aliphatic hydroxyl groups is 1. The van der Waals surface area contributed by atoms with Gasteiger partial charge in [0.05, 0.1) is 24.5 Å². The topological polar surface area (TPSA) is 83.0 Å². The Hall–Kier alpha value is -2.21. The van der Waals surface area contributed by atoms with Gasteiger partial charge >= 0.3 is 0 Å². The zero-order valence-electron chi connectivity index (χ0n) is 12.7. The molecule has 0 spiro atoms. The molecule has 0 bridgehead atoms. The van der Waals surface area contributed by atoms with Gasteiger partial charge in [0.1, 0.15) is 5.82 Å². The fraction of sp³-hybridized carbons (Fsp3) is 0.438. The molecule has 1 aliphatic carbocycles. The molecule has 3 rings (SSSR count). The Labute approximate surface area is 130 Å². The molecule has 1 atom stereocenters. The van der Waals surface area contributed by atoms with Crippen molar-refractivity contribution in [2.24, 2.45) is 0 Å². The van der Waals surface area contributed by atoms with E-state index in [4.69, 9.17) is 5.11 Å². The van der Waals surface area contributed by atoms with Crippen LogP contribution in [0, 0.1) is 0 Å². The maximum absolute atomic E-state index is 9.17. The van der Waals surface area contributed by atoms with Gasteiger partial charge in [0, 0.05) is 24.2 Å². The zero-order chi connectivity index (χ0) is 15.4. The molecule has 6 nitrogen and oxygen atoms in total. The fourth-order valence-corrected chi connectivity index (χ4v) is 2.16. The Kier molecular flexibility index (Phi) is 4.48. The van der Waals surface area contributed by atoms with E-state index in [1.54, 1.807) is 6.20 Å². The molecule has 6 heteroatoms. The van der Waals surface area contributed by atoms with Crippen molar-refractivity contribution in [3.63, 3.8) is 0 Å². The summed E-state index contributed by atoms with van der Waals surface area (Å²) in [4.78, 5) is 13.3. The first kappa shape index (κ1) is 14.7. The molecule has 2 heterocycles. The lowest BCUT2D eigenvalue weighted by Gasteiger charge is -2.14. The van der Waals surface area contributed by atoms with Crippen molar-refractivity contribution in [2.45, 2.75) is 38.3 Å². The van der Waals surface area contributed by atoms with Gasteiger partial charge < -0.3 is 15.7 Å². The Morgan fingerprint density at radius 1 is 1.32 bits per heavy atom. The summed E-state index contributed by atoms with van der Waals surface area (Å²) in [6, 6.07) is 7.78. The zero-order valence-corrected chi connectivity index (χ0v) is 12.7. The van der Waals surface area contributed by atoms with Crippen molar-refractivity contribution in [3.05, 3.63) is 41.9 Å². The van der Waals surface area contributed by atoms with E-state index in [9.17, 15) is 0 Å². The molecule has 0 aliphatic heterocycles. The number of aromatic nitrogens is 3. The van der Waals surface area contributed by atoms with Gasteiger partial charge in [0.15, 0.2) is 0 Å². The van der Waals surface area contributed by atoms with Gasteiger partial charge in [-0.05, 0) is 31.9 Å². The van der Waals surface area contributed by atoms with Crippen LogP contribution < -0.4 is 10.6 Å². The molecule has 22 heavy (non-hydrogen) atoms. The number of nitrogens with zero attached hydrogens (tertiary/aromatic N) is 3. The third-order valence-electron chi connectivity index (χ3n) is 3.57. The lowest BCUT2D eigenvalue weighted by molar-refractivity contribution is 0.281. The molecule has 0 amide bonds. The maximum atomic E-state index is 9.17. The summed E-state index contributed by atoms with van der Waals surface area (Å²) in [6.45, 7) is 2.57. The second kappa shape index (κ2) is 6.70. The molecular formula is C16H21N5O. The quantitative estimate of drug-likeness (QED) is 0.726. The Morgan fingerprint density at radius 2 is 2.18 bits per heavy atom. The van der Waals surface area contributed by atoms with Crippen LogP contribution in [0.15, 0.2) is 30.5 Å². The number of anilines is 2. The Bertz CT molecular complexity index is 615. The summed E-state index contributed by atoms with van der Waals surface area (Å²) in [7, 11) is 0. The molecule has 1 saturated carbocycles. The van der Waals surface area contributed by atoms with Gasteiger partial charge in [-0.15, -0.1) is 0 Å². The van der Waals surface area contributed by atoms with Gasteiger partial charge in [0.2, 0.25) is 5.95 Å². The predicted molar refractivity (Wildman–Crippen MR) is 85.7 cm³/mol. The van der Waals surface area contributed by atoms with Crippen LogP contribution in [0.1, 0.15) is 37.1 Å². The van der Waals surface area contributed by atoms with E-state index < -0.39 is 0 Å². The second-order valence-corrected chi connectivity index (χ2v) is 5.68. The van der Waals surface area contributed by atoms with E-state index in [0.29, 0.717) is 18.4 Å². The smallest absolute Gasteiger partial charge is 0.225 e. The van der Waals surface area contributed by atoms with Crippen LogP contribution in [0.25, 0.3) is 0 Å². The van der Waals surface area contributed by atoms with Gasteiger partial charge in [-0.3, -0.25) is 4.98 Å². The van der Waals surface area contributed by atoms with Crippen LogP contribution in [0.2, 0.25) is 0 Å². The van der Waals surface area contributed by atoms with Gasteiger partial charge in [-0.1, -0.05) is 6.07 Å². The van der Waals surface area contributed by atoms with E-state index in [0.717, 1.165) is 17.2 Å². The molecule has 2 aromatic rings. The molecule has 0 radical (unpaired) electrons. The maximum Gasteiger partial charge on any atom is 0.225 e. The molecule has 0 saturated heterocycles. The highest BCUT2D eigenvalue weighted by molar-refractivity contribution is 5.44. The highest BCUT2D eigenvalue weighted by atomic mass is 16.3. The summed E-state index contributed by atoms with van der Waals surface area (Å²) < 4.78 is 0. The van der Waals surface area contributed by atoms with E-state index in [1.807, 2.05) is 31.2 Å². The largest absolute Gasteiger partial charge is 0.394 e. The highest BCUT2D eigenvalue weighted by Crippen LogP contribution is 2.39. The molecule has 116 valence electrons. The number of rotatable bonds is 7. The van der Waals surface area contributed by atoms with Crippen LogP contribution in [0.5, 0.6) is 0 Å². The Morgan fingerprint density at radius 3 is 2.86 bits per heavy atom. The van der Waals surface area contributed by atoms with E-state index in [1.165, 1.54) is 12.8 Å². The minimum atomic E-state index is -0.0712. The summed E-state index contributed by atoms with van der Waals surface area (Å²) >= 11 is 0. The SMILES string of the molecule is C[C@H](CO)Nc1nc(NCc2ccccn2)cc(C2CC2)n1. The van der Waals surface area contributed by atoms with Crippen LogP contribution in [0.4, 0.5) is 11.8 Å².